The Kier molecular flexibility index (Phi) is 5.27. The Hall–Kier alpha value is -1.95. The molecule has 0 aliphatic carbocycles. The van der Waals surface area contributed by atoms with Crippen molar-refractivity contribution in [2.75, 3.05) is 12.4 Å². The minimum absolute atomic E-state index is 0.00581. The van der Waals surface area contributed by atoms with Gasteiger partial charge in [0, 0.05) is 17.6 Å². The van der Waals surface area contributed by atoms with Gasteiger partial charge in [-0.05, 0) is 37.6 Å². The molecule has 0 amide bonds. The summed E-state index contributed by atoms with van der Waals surface area (Å²) in [6.45, 7) is 4.71. The maximum Gasteiger partial charge on any atom is 0.313 e. The number of carbonyl (C=O) groups is 1. The highest BCUT2D eigenvalue weighted by molar-refractivity contribution is 7.99. The lowest BCUT2D eigenvalue weighted by Crippen LogP contribution is -2.03. The molecule has 0 atom stereocenters. The first kappa shape index (κ1) is 15.4. The predicted octanol–water partition coefficient (Wildman–Crippen LogP) is 3.15. The van der Waals surface area contributed by atoms with Crippen molar-refractivity contribution in [2.45, 2.75) is 25.4 Å². The monoisotopic (exact) mass is 306 g/mol. The molecular weight excluding hydrogens is 288 g/mol. The number of carboxylic acids is 1. The number of rotatable bonds is 7. The fourth-order valence-electron chi connectivity index (χ4n) is 1.87. The summed E-state index contributed by atoms with van der Waals surface area (Å²) in [5, 5.41) is 9.47. The highest BCUT2D eigenvalue weighted by Gasteiger charge is 2.11. The second kappa shape index (κ2) is 7.17. The number of nitrogens with zero attached hydrogens (tertiary/aromatic N) is 2. The van der Waals surface area contributed by atoms with Crippen LogP contribution in [-0.2, 0) is 4.79 Å². The lowest BCUT2D eigenvalue weighted by atomic mass is 10.3. The SMILES string of the molecule is CCCOc1ccc(-n2c(C)cnc2SCC(=O)O)cc1. The molecule has 0 saturated heterocycles. The standard InChI is InChI=1S/C15H18N2O3S/c1-3-8-20-13-6-4-12(5-7-13)17-11(2)9-16-15(17)21-10-14(18)19/h4-7,9H,3,8,10H2,1-2H3,(H,18,19). The minimum Gasteiger partial charge on any atom is -0.494 e. The van der Waals surface area contributed by atoms with E-state index in [0.29, 0.717) is 11.8 Å². The third-order valence-electron chi connectivity index (χ3n) is 2.80. The molecule has 0 aliphatic rings. The average Bonchev–Trinajstić information content (AvgIpc) is 2.84. The largest absolute Gasteiger partial charge is 0.494 e. The molecule has 1 aromatic heterocycles. The summed E-state index contributed by atoms with van der Waals surface area (Å²) in [5.74, 6) is -0.0256. The second-order valence-electron chi connectivity index (χ2n) is 4.54. The predicted molar refractivity (Wildman–Crippen MR) is 82.4 cm³/mol. The van der Waals surface area contributed by atoms with Crippen LogP contribution < -0.4 is 4.74 Å². The Bertz CT molecular complexity index is 608. The molecule has 5 nitrogen and oxygen atoms in total. The summed E-state index contributed by atoms with van der Waals surface area (Å²) in [6.07, 6.45) is 2.71. The van der Waals surface area contributed by atoms with Crippen LogP contribution in [0.15, 0.2) is 35.6 Å². The first-order valence-corrected chi connectivity index (χ1v) is 7.72. The maximum absolute atomic E-state index is 10.7. The van der Waals surface area contributed by atoms with Crippen LogP contribution in [0.5, 0.6) is 5.75 Å². The summed E-state index contributed by atoms with van der Waals surface area (Å²) in [7, 11) is 0. The van der Waals surface area contributed by atoms with Crippen LogP contribution >= 0.6 is 11.8 Å². The fourth-order valence-corrected chi connectivity index (χ4v) is 2.63. The van der Waals surface area contributed by atoms with Gasteiger partial charge in [0.1, 0.15) is 5.75 Å². The van der Waals surface area contributed by atoms with E-state index < -0.39 is 5.97 Å². The molecule has 0 fully saturated rings. The summed E-state index contributed by atoms with van der Waals surface area (Å²) >= 11 is 1.21. The number of thioether (sulfide) groups is 1. The maximum atomic E-state index is 10.7. The van der Waals surface area contributed by atoms with Crippen LogP contribution in [-0.4, -0.2) is 33.0 Å². The van der Waals surface area contributed by atoms with Crippen LogP contribution in [0.4, 0.5) is 0 Å². The van der Waals surface area contributed by atoms with Crippen molar-refractivity contribution >= 4 is 17.7 Å². The molecule has 2 rings (SSSR count). The van der Waals surface area contributed by atoms with Crippen molar-refractivity contribution in [1.29, 1.82) is 0 Å². The molecule has 1 aromatic carbocycles. The smallest absolute Gasteiger partial charge is 0.313 e. The van der Waals surface area contributed by atoms with Gasteiger partial charge in [0.2, 0.25) is 0 Å². The molecule has 0 bridgehead atoms. The van der Waals surface area contributed by atoms with Gasteiger partial charge >= 0.3 is 5.97 Å². The number of aryl methyl sites for hydroxylation is 1. The van der Waals surface area contributed by atoms with Crippen molar-refractivity contribution in [3.63, 3.8) is 0 Å². The van der Waals surface area contributed by atoms with Gasteiger partial charge in [-0.3, -0.25) is 9.36 Å². The first-order chi connectivity index (χ1) is 10.1. The molecule has 6 heteroatoms. The molecule has 0 aliphatic heterocycles. The molecule has 2 aromatic rings. The number of carboxylic acid groups (broad SMARTS) is 1. The van der Waals surface area contributed by atoms with Gasteiger partial charge < -0.3 is 9.84 Å². The van der Waals surface area contributed by atoms with Crippen LogP contribution in [0, 0.1) is 6.92 Å². The average molecular weight is 306 g/mol. The molecule has 1 N–H and O–H groups in total. The second-order valence-corrected chi connectivity index (χ2v) is 5.48. The van der Waals surface area contributed by atoms with E-state index in [1.165, 1.54) is 11.8 Å². The molecule has 0 unspecified atom stereocenters. The van der Waals surface area contributed by atoms with Crippen molar-refractivity contribution in [3.05, 3.63) is 36.2 Å². The third kappa shape index (κ3) is 4.01. The van der Waals surface area contributed by atoms with Crippen LogP contribution in [0.3, 0.4) is 0 Å². The summed E-state index contributed by atoms with van der Waals surface area (Å²) < 4.78 is 7.50. The molecule has 0 spiro atoms. The van der Waals surface area contributed by atoms with Gasteiger partial charge in [0.25, 0.3) is 0 Å². The van der Waals surface area contributed by atoms with Gasteiger partial charge in [-0.2, -0.15) is 0 Å². The van der Waals surface area contributed by atoms with Crippen molar-refractivity contribution in [3.8, 4) is 11.4 Å². The topological polar surface area (TPSA) is 64.4 Å². The Morgan fingerprint density at radius 3 is 2.71 bits per heavy atom. The molecule has 1 heterocycles. The van der Waals surface area contributed by atoms with E-state index in [9.17, 15) is 4.79 Å². The van der Waals surface area contributed by atoms with Gasteiger partial charge in [0.15, 0.2) is 5.16 Å². The van der Waals surface area contributed by atoms with E-state index >= 15 is 0 Å². The third-order valence-corrected chi connectivity index (χ3v) is 3.74. The van der Waals surface area contributed by atoms with E-state index in [2.05, 4.69) is 11.9 Å². The zero-order valence-electron chi connectivity index (χ0n) is 12.1. The Morgan fingerprint density at radius 2 is 2.10 bits per heavy atom. The van der Waals surface area contributed by atoms with Gasteiger partial charge in [-0.1, -0.05) is 18.7 Å². The lowest BCUT2D eigenvalue weighted by molar-refractivity contribution is -0.133. The van der Waals surface area contributed by atoms with E-state index in [1.54, 1.807) is 6.20 Å². The number of ether oxygens (including phenoxy) is 1. The minimum atomic E-state index is -0.851. The number of hydrogen-bond donors (Lipinski definition) is 1. The molecule has 21 heavy (non-hydrogen) atoms. The number of hydrogen-bond acceptors (Lipinski definition) is 4. The lowest BCUT2D eigenvalue weighted by Gasteiger charge is -2.10. The van der Waals surface area contributed by atoms with Crippen molar-refractivity contribution in [1.82, 2.24) is 9.55 Å². The number of benzene rings is 1. The van der Waals surface area contributed by atoms with E-state index in [1.807, 2.05) is 35.8 Å². The summed E-state index contributed by atoms with van der Waals surface area (Å²) in [5.41, 5.74) is 1.91. The van der Waals surface area contributed by atoms with Gasteiger partial charge in [-0.25, -0.2) is 4.98 Å². The normalized spacial score (nSPS) is 10.6. The number of aromatic nitrogens is 2. The summed E-state index contributed by atoms with van der Waals surface area (Å²) in [4.78, 5) is 15.0. The Balaban J connectivity index is 2.20. The zero-order valence-corrected chi connectivity index (χ0v) is 12.9. The molecule has 0 saturated carbocycles. The highest BCUT2D eigenvalue weighted by atomic mass is 32.2. The van der Waals surface area contributed by atoms with Crippen LogP contribution in [0.2, 0.25) is 0 Å². The molecular formula is C15H18N2O3S. The van der Waals surface area contributed by atoms with Gasteiger partial charge in [-0.15, -0.1) is 0 Å². The van der Waals surface area contributed by atoms with E-state index in [4.69, 9.17) is 9.84 Å². The van der Waals surface area contributed by atoms with E-state index in [0.717, 1.165) is 23.6 Å². The number of imidazole rings is 1. The first-order valence-electron chi connectivity index (χ1n) is 6.74. The summed E-state index contributed by atoms with van der Waals surface area (Å²) in [6, 6.07) is 7.72. The number of aliphatic carboxylic acids is 1. The quantitative estimate of drug-likeness (QED) is 0.796. The highest BCUT2D eigenvalue weighted by Crippen LogP contribution is 2.24. The zero-order chi connectivity index (χ0) is 15.2. The Morgan fingerprint density at radius 1 is 1.38 bits per heavy atom. The van der Waals surface area contributed by atoms with Crippen molar-refractivity contribution in [2.24, 2.45) is 0 Å². The molecule has 0 radical (unpaired) electrons. The van der Waals surface area contributed by atoms with Gasteiger partial charge in [0.05, 0.1) is 12.4 Å². The molecule has 112 valence electrons. The van der Waals surface area contributed by atoms with Crippen LogP contribution in [0.25, 0.3) is 5.69 Å². The van der Waals surface area contributed by atoms with Crippen LogP contribution in [0.1, 0.15) is 19.0 Å². The van der Waals surface area contributed by atoms with Crippen molar-refractivity contribution < 1.29 is 14.6 Å². The fraction of sp³-hybridized carbons (Fsp3) is 0.333. The Labute approximate surface area is 128 Å². The van der Waals surface area contributed by atoms with E-state index in [-0.39, 0.29) is 5.75 Å².